The summed E-state index contributed by atoms with van der Waals surface area (Å²) in [5.41, 5.74) is 0. The molecule has 0 aliphatic carbocycles. The molecule has 11 nitrogen and oxygen atoms in total. The Bertz CT molecular complexity index is 409. The van der Waals surface area contributed by atoms with Gasteiger partial charge in [0.05, 0.1) is 0 Å². The van der Waals surface area contributed by atoms with Crippen LogP contribution in [0, 0.1) is 0 Å². The highest BCUT2D eigenvalue weighted by molar-refractivity contribution is 7.96. The van der Waals surface area contributed by atoms with Crippen LogP contribution in [0.5, 0.6) is 0 Å². The second kappa shape index (κ2) is 4.78. The maximum atomic E-state index is 10.4. The molecular formula is CHO11PS2. The van der Waals surface area contributed by atoms with Crippen molar-refractivity contribution in [2.75, 3.05) is 0 Å². The Morgan fingerprint density at radius 3 is 2.00 bits per heavy atom. The minimum absolute atomic E-state index is 2.38. The average molecular weight is 284 g/mol. The molecule has 0 saturated carbocycles. The molecule has 1 N–H and O–H groups in total. The molecule has 88 valence electrons. The van der Waals surface area contributed by atoms with Gasteiger partial charge in [-0.15, -0.1) is 0 Å². The molecule has 0 radical (unpaired) electrons. The lowest BCUT2D eigenvalue weighted by molar-refractivity contribution is -0.178. The zero-order valence-corrected chi connectivity index (χ0v) is 8.82. The molecule has 0 fully saturated rings. The van der Waals surface area contributed by atoms with Gasteiger partial charge in [-0.05, 0) is 4.57 Å². The first kappa shape index (κ1) is 14.2. The van der Waals surface area contributed by atoms with Crippen molar-refractivity contribution in [2.45, 2.75) is 0 Å². The standard InChI is InChI=1S/CHO11PS2/c2-1(3)10-14(6,7)12-15(8,9)11-13(4)5/h(H,2,3). The van der Waals surface area contributed by atoms with Crippen molar-refractivity contribution in [3.05, 3.63) is 0 Å². The third-order valence-electron chi connectivity index (χ3n) is 0.492. The molecule has 15 heavy (non-hydrogen) atoms. The van der Waals surface area contributed by atoms with Crippen molar-refractivity contribution in [1.29, 1.82) is 0 Å². The van der Waals surface area contributed by atoms with Crippen molar-refractivity contribution < 1.29 is 48.0 Å². The zero-order chi connectivity index (χ0) is 12.3. The third-order valence-corrected chi connectivity index (χ3v) is 3.39. The normalized spacial score (nSPS) is 13.3. The molecular weight excluding hydrogens is 283 g/mol. The largest absolute Gasteiger partial charge is 0.566 e. The fourth-order valence-electron chi connectivity index (χ4n) is 0.290. The SMILES string of the molecule is O=C(O)OS(=O)(=O)OS(=O)(=O)O[P+](=O)[O-]. The van der Waals surface area contributed by atoms with E-state index in [1.54, 1.807) is 0 Å². The van der Waals surface area contributed by atoms with E-state index in [9.17, 15) is 31.1 Å². The molecule has 0 aliphatic rings. The summed E-state index contributed by atoms with van der Waals surface area (Å²) in [5, 5.41) is 7.79. The molecule has 14 heteroatoms. The molecule has 0 aromatic rings. The highest BCUT2D eigenvalue weighted by atomic mass is 32.3. The van der Waals surface area contributed by atoms with Crippen LogP contribution < -0.4 is 4.89 Å². The number of carboxylic acid groups (broad SMARTS) is 1. The van der Waals surface area contributed by atoms with E-state index in [4.69, 9.17) is 5.11 Å². The monoisotopic (exact) mass is 284 g/mol. The van der Waals surface area contributed by atoms with Crippen LogP contribution in [-0.2, 0) is 37.1 Å². The van der Waals surface area contributed by atoms with Gasteiger partial charge in [-0.3, -0.25) is 4.18 Å². The summed E-state index contributed by atoms with van der Waals surface area (Å²) in [7, 11) is -14.9. The second-order valence-electron chi connectivity index (χ2n) is 1.53. The quantitative estimate of drug-likeness (QED) is 0.565. The van der Waals surface area contributed by atoms with Gasteiger partial charge in [0, 0.05) is 3.97 Å². The van der Waals surface area contributed by atoms with E-state index < -0.39 is 35.2 Å². The summed E-state index contributed by atoms with van der Waals surface area (Å²) in [5.74, 6) is 0. The molecule has 0 spiro atoms. The molecule has 0 aliphatic heterocycles. The molecule has 1 unspecified atom stereocenters. The fourth-order valence-corrected chi connectivity index (χ4v) is 2.31. The lowest BCUT2D eigenvalue weighted by Crippen LogP contribution is -2.19. The van der Waals surface area contributed by atoms with Gasteiger partial charge in [0.25, 0.3) is 0 Å². The Balaban J connectivity index is 4.74. The number of hydrogen-bond acceptors (Lipinski definition) is 10. The van der Waals surface area contributed by atoms with Crippen molar-refractivity contribution in [1.82, 2.24) is 0 Å². The minimum Gasteiger partial charge on any atom is -0.566 e. The van der Waals surface area contributed by atoms with Crippen molar-refractivity contribution >= 4 is 35.2 Å². The van der Waals surface area contributed by atoms with Crippen molar-refractivity contribution in [2.24, 2.45) is 0 Å². The molecule has 0 saturated heterocycles. The van der Waals surface area contributed by atoms with Gasteiger partial charge < -0.3 is 10.00 Å². The number of carbonyl (C=O) groups is 1. The van der Waals surface area contributed by atoms with Crippen LogP contribution in [0.1, 0.15) is 0 Å². The minimum atomic E-state index is -5.46. The highest BCUT2D eigenvalue weighted by Gasteiger charge is 2.32. The lowest BCUT2D eigenvalue weighted by Gasteiger charge is -1.98. The summed E-state index contributed by atoms with van der Waals surface area (Å²) < 4.78 is 60.1. The maximum absolute atomic E-state index is 10.4. The first-order chi connectivity index (χ1) is 6.54. The van der Waals surface area contributed by atoms with E-state index in [-0.39, 0.29) is 0 Å². The zero-order valence-electron chi connectivity index (χ0n) is 6.29. The Labute approximate surface area is 83.8 Å². The first-order valence-corrected chi connectivity index (χ1v) is 6.28. The van der Waals surface area contributed by atoms with E-state index >= 15 is 0 Å². The maximum Gasteiger partial charge on any atom is 0.523 e. The molecule has 0 bridgehead atoms. The molecule has 0 aromatic heterocycles. The van der Waals surface area contributed by atoms with Gasteiger partial charge >= 0.3 is 35.2 Å². The van der Waals surface area contributed by atoms with Crippen LogP contribution in [0.2, 0.25) is 0 Å². The second-order valence-corrected chi connectivity index (χ2v) is 4.92. The van der Waals surface area contributed by atoms with E-state index in [0.29, 0.717) is 0 Å². The summed E-state index contributed by atoms with van der Waals surface area (Å²) >= 11 is 0. The van der Waals surface area contributed by atoms with Crippen LogP contribution in [0.15, 0.2) is 0 Å². The van der Waals surface area contributed by atoms with Gasteiger partial charge in [-0.2, -0.15) is 16.8 Å². The topological polar surface area (TPSA) is 173 Å². The van der Waals surface area contributed by atoms with Gasteiger partial charge in [-0.1, -0.05) is 3.63 Å². The molecule has 1 atom stereocenters. The average Bonchev–Trinajstić information content (AvgIpc) is 1.73. The summed E-state index contributed by atoms with van der Waals surface area (Å²) in [6.45, 7) is 0. The van der Waals surface area contributed by atoms with Gasteiger partial charge in [0.1, 0.15) is 0 Å². The fraction of sp³-hybridized carbons (Fsp3) is 0. The van der Waals surface area contributed by atoms with Crippen molar-refractivity contribution in [3.63, 3.8) is 0 Å². The summed E-state index contributed by atoms with van der Waals surface area (Å²) in [4.78, 5) is 19.4. The van der Waals surface area contributed by atoms with Gasteiger partial charge in [0.15, 0.2) is 0 Å². The van der Waals surface area contributed by atoms with Crippen LogP contribution in [0.25, 0.3) is 0 Å². The van der Waals surface area contributed by atoms with Crippen LogP contribution in [0.3, 0.4) is 0 Å². The lowest BCUT2D eigenvalue weighted by atomic mass is 11.5. The molecule has 0 rings (SSSR count). The third kappa shape index (κ3) is 7.12. The summed E-state index contributed by atoms with van der Waals surface area (Å²) in [6, 6.07) is 0. The van der Waals surface area contributed by atoms with E-state index in [0.717, 1.165) is 0 Å². The number of rotatable bonds is 5. The highest BCUT2D eigenvalue weighted by Crippen LogP contribution is 2.17. The first-order valence-electron chi connectivity index (χ1n) is 2.51. The predicted octanol–water partition coefficient (Wildman–Crippen LogP) is -1.78. The summed E-state index contributed by atoms with van der Waals surface area (Å²) in [6.07, 6.45) is -2.38. The van der Waals surface area contributed by atoms with Gasteiger partial charge in [-0.25, -0.2) is 4.79 Å². The molecule has 0 aromatic carbocycles. The molecule has 0 heterocycles. The Kier molecular flexibility index (Phi) is 4.51. The Morgan fingerprint density at radius 2 is 1.67 bits per heavy atom. The van der Waals surface area contributed by atoms with E-state index in [1.165, 1.54) is 0 Å². The van der Waals surface area contributed by atoms with Crippen molar-refractivity contribution in [3.8, 4) is 0 Å². The van der Waals surface area contributed by atoms with Crippen LogP contribution in [0.4, 0.5) is 4.79 Å². The van der Waals surface area contributed by atoms with Crippen LogP contribution >= 0.6 is 8.25 Å². The van der Waals surface area contributed by atoms with Crippen LogP contribution in [-0.4, -0.2) is 28.1 Å². The van der Waals surface area contributed by atoms with E-state index in [2.05, 4.69) is 11.8 Å². The predicted molar refractivity (Wildman–Crippen MR) is 36.7 cm³/mol. The Morgan fingerprint density at radius 1 is 1.20 bits per heavy atom. The van der Waals surface area contributed by atoms with Gasteiger partial charge in [0.2, 0.25) is 0 Å². The van der Waals surface area contributed by atoms with E-state index in [1.807, 2.05) is 0 Å². The molecule has 0 amide bonds. The smallest absolute Gasteiger partial charge is 0.523 e. The Hall–Kier alpha value is -0.850. The number of hydrogen-bond donors (Lipinski definition) is 1.